The predicted octanol–water partition coefficient (Wildman–Crippen LogP) is 0.325. The molecule has 2 aromatic rings. The molecule has 0 aliphatic heterocycles. The van der Waals surface area contributed by atoms with E-state index in [1.54, 1.807) is 0 Å². The quantitative estimate of drug-likeness (QED) is 0.549. The van der Waals surface area contributed by atoms with Crippen LogP contribution in [0.3, 0.4) is 0 Å². The normalized spacial score (nSPS) is 9.04. The summed E-state index contributed by atoms with van der Waals surface area (Å²) >= 11 is 0. The molecule has 0 atom stereocenters. The Morgan fingerprint density at radius 2 is 1.04 bits per heavy atom. The van der Waals surface area contributed by atoms with Crippen LogP contribution < -0.4 is 10.2 Å². The summed E-state index contributed by atoms with van der Waals surface area (Å²) < 4.78 is 0. The first-order valence-electron chi connectivity index (χ1n) is 5.69. The van der Waals surface area contributed by atoms with Crippen LogP contribution in [0.2, 0.25) is 0 Å². The van der Waals surface area contributed by atoms with Gasteiger partial charge in [0.05, 0.1) is 11.1 Å². The molecule has 0 aromatic heterocycles. The summed E-state index contributed by atoms with van der Waals surface area (Å²) in [4.78, 5) is 20.5. The standard InChI is InChI=1S/2C7H6O4.Zn/c2*8-5-2-1-4(7(10)11)3-6(5)9;/h2*1-3,8-9H,(H,10,11);/q;;+2/p-2. The Morgan fingerprint density at radius 1 is 0.739 bits per heavy atom. The van der Waals surface area contributed by atoms with Crippen LogP contribution in [0.1, 0.15) is 20.7 Å². The average Bonchev–Trinajstić information content (AvgIpc) is 2.45. The molecule has 0 fully saturated rings. The number of phenols is 2. The molecule has 0 spiro atoms. The van der Waals surface area contributed by atoms with Crippen molar-refractivity contribution in [3.05, 3.63) is 47.5 Å². The zero-order valence-corrected chi connectivity index (χ0v) is 14.6. The summed E-state index contributed by atoms with van der Waals surface area (Å²) in [6.07, 6.45) is 0. The zero-order valence-electron chi connectivity index (χ0n) is 11.6. The SMILES string of the molecule is O=C(O)c1ccc([O-])c(O)c1.O=C(O)c1ccc([O-])c(O)c1.[Zn+2]. The largest absolute Gasteiger partial charge is 2.00 e. The Kier molecular flexibility index (Phi) is 7.55. The van der Waals surface area contributed by atoms with E-state index < -0.39 is 34.9 Å². The maximum absolute atomic E-state index is 10.6. The van der Waals surface area contributed by atoms with Crippen LogP contribution in [0.25, 0.3) is 0 Å². The number of phenolic OH excluding ortho intramolecular Hbond substituents is 2. The van der Waals surface area contributed by atoms with Crippen LogP contribution in [0.15, 0.2) is 36.4 Å². The van der Waals surface area contributed by atoms with Crippen molar-refractivity contribution >= 4 is 11.9 Å². The predicted molar refractivity (Wildman–Crippen MR) is 69.0 cm³/mol. The van der Waals surface area contributed by atoms with Gasteiger partial charge in [0, 0.05) is 0 Å². The molecule has 0 saturated carbocycles. The number of carboxylic acids is 2. The molecular formula is C14H10O8Zn. The molecule has 2 aromatic carbocycles. The third kappa shape index (κ3) is 5.84. The summed E-state index contributed by atoms with van der Waals surface area (Å²) in [6.45, 7) is 0. The van der Waals surface area contributed by atoms with E-state index in [0.29, 0.717) is 0 Å². The van der Waals surface area contributed by atoms with Crippen LogP contribution in [0, 0.1) is 0 Å². The van der Waals surface area contributed by atoms with Crippen LogP contribution in [-0.4, -0.2) is 32.4 Å². The molecule has 8 nitrogen and oxygen atoms in total. The van der Waals surface area contributed by atoms with Crippen molar-refractivity contribution in [3.8, 4) is 23.0 Å². The van der Waals surface area contributed by atoms with Crippen molar-refractivity contribution in [1.82, 2.24) is 0 Å². The summed E-state index contributed by atoms with van der Waals surface area (Å²) in [6, 6.07) is 6.15. The second-order valence-corrected chi connectivity index (χ2v) is 3.98. The van der Waals surface area contributed by atoms with E-state index >= 15 is 0 Å². The molecule has 23 heavy (non-hydrogen) atoms. The monoisotopic (exact) mass is 370 g/mol. The third-order valence-electron chi connectivity index (χ3n) is 2.41. The van der Waals surface area contributed by atoms with Crippen molar-refractivity contribution < 1.29 is 59.7 Å². The van der Waals surface area contributed by atoms with Gasteiger partial charge in [-0.05, 0) is 24.3 Å². The van der Waals surface area contributed by atoms with Crippen molar-refractivity contribution in [2.45, 2.75) is 0 Å². The first-order chi connectivity index (χ1) is 10.2. The van der Waals surface area contributed by atoms with Gasteiger partial charge in [-0.3, -0.25) is 0 Å². The maximum Gasteiger partial charge on any atom is 2.00 e. The molecule has 4 N–H and O–H groups in total. The van der Waals surface area contributed by atoms with Gasteiger partial charge < -0.3 is 30.6 Å². The Bertz CT molecular complexity index is 652. The topological polar surface area (TPSA) is 161 Å². The Labute approximate surface area is 142 Å². The minimum Gasteiger partial charge on any atom is -0.870 e. The van der Waals surface area contributed by atoms with Crippen molar-refractivity contribution in [3.63, 3.8) is 0 Å². The average molecular weight is 372 g/mol. The molecule has 116 valence electrons. The first kappa shape index (κ1) is 20.2. The van der Waals surface area contributed by atoms with Gasteiger partial charge in [0.25, 0.3) is 0 Å². The van der Waals surface area contributed by atoms with E-state index in [0.717, 1.165) is 36.4 Å². The fourth-order valence-corrected chi connectivity index (χ4v) is 1.30. The maximum atomic E-state index is 10.6. The molecule has 0 aliphatic rings. The molecule has 9 heteroatoms. The molecule has 0 heterocycles. The van der Waals surface area contributed by atoms with Gasteiger partial charge in [-0.25, -0.2) is 9.59 Å². The molecule has 2 rings (SSSR count). The van der Waals surface area contributed by atoms with E-state index in [1.807, 2.05) is 0 Å². The Morgan fingerprint density at radius 3 is 1.26 bits per heavy atom. The second kappa shape index (κ2) is 8.60. The van der Waals surface area contributed by atoms with Gasteiger partial charge in [0.2, 0.25) is 0 Å². The van der Waals surface area contributed by atoms with Crippen LogP contribution in [-0.2, 0) is 19.5 Å². The van der Waals surface area contributed by atoms with Gasteiger partial charge in [-0.15, -0.1) is 0 Å². The summed E-state index contributed by atoms with van der Waals surface area (Å²) in [5, 5.41) is 55.4. The van der Waals surface area contributed by atoms with Crippen LogP contribution >= 0.6 is 0 Å². The van der Waals surface area contributed by atoms with Crippen LogP contribution in [0.4, 0.5) is 0 Å². The van der Waals surface area contributed by atoms with E-state index in [2.05, 4.69) is 0 Å². The van der Waals surface area contributed by atoms with E-state index in [4.69, 9.17) is 20.4 Å². The van der Waals surface area contributed by atoms with Crippen molar-refractivity contribution in [2.75, 3.05) is 0 Å². The Balaban J connectivity index is 0.000000403. The number of benzene rings is 2. The van der Waals surface area contributed by atoms with Gasteiger partial charge in [0.15, 0.2) is 0 Å². The van der Waals surface area contributed by atoms with Gasteiger partial charge >= 0.3 is 31.4 Å². The van der Waals surface area contributed by atoms with Crippen LogP contribution in [0.5, 0.6) is 23.0 Å². The number of carboxylic acid groups (broad SMARTS) is 2. The number of aromatic carboxylic acids is 2. The number of carbonyl (C=O) groups is 2. The molecule has 0 unspecified atom stereocenters. The smallest absolute Gasteiger partial charge is 0.870 e. The van der Waals surface area contributed by atoms with Gasteiger partial charge in [0.1, 0.15) is 11.5 Å². The molecule has 0 amide bonds. The number of rotatable bonds is 2. The van der Waals surface area contributed by atoms with Gasteiger partial charge in [-0.2, -0.15) is 0 Å². The first-order valence-corrected chi connectivity index (χ1v) is 5.69. The molecular weight excluding hydrogens is 362 g/mol. The zero-order chi connectivity index (χ0) is 16.9. The van der Waals surface area contributed by atoms with Crippen molar-refractivity contribution in [2.24, 2.45) is 0 Å². The molecule has 0 saturated heterocycles. The number of hydrogen-bond acceptors (Lipinski definition) is 6. The number of aromatic hydroxyl groups is 2. The van der Waals surface area contributed by atoms with Crippen molar-refractivity contribution in [1.29, 1.82) is 0 Å². The molecule has 0 aliphatic carbocycles. The summed E-state index contributed by atoms with van der Waals surface area (Å²) in [5.74, 6) is -4.56. The number of hydrogen-bond donors (Lipinski definition) is 4. The minimum atomic E-state index is -1.17. The van der Waals surface area contributed by atoms with E-state index in [1.165, 1.54) is 0 Å². The third-order valence-corrected chi connectivity index (χ3v) is 2.41. The fraction of sp³-hybridized carbons (Fsp3) is 0. The summed E-state index contributed by atoms with van der Waals surface area (Å²) in [7, 11) is 0. The fourth-order valence-electron chi connectivity index (χ4n) is 1.30. The Hall–Kier alpha value is -2.80. The second-order valence-electron chi connectivity index (χ2n) is 3.98. The summed E-state index contributed by atoms with van der Waals surface area (Å²) in [5.41, 5.74) is -0.191. The van der Waals surface area contributed by atoms with E-state index in [9.17, 15) is 19.8 Å². The minimum absolute atomic E-state index is 0. The molecule has 0 radical (unpaired) electrons. The van der Waals surface area contributed by atoms with Gasteiger partial charge in [-0.1, -0.05) is 23.6 Å². The van der Waals surface area contributed by atoms with E-state index in [-0.39, 0.29) is 30.6 Å². The molecule has 0 bridgehead atoms.